The highest BCUT2D eigenvalue weighted by atomic mass is 19.4. The number of halogens is 3. The van der Waals surface area contributed by atoms with E-state index in [1.54, 1.807) is 0 Å². The van der Waals surface area contributed by atoms with E-state index >= 15 is 0 Å². The number of anilines is 1. The largest absolute Gasteiger partial charge is 0.416 e. The predicted molar refractivity (Wildman–Crippen MR) is 74.6 cm³/mol. The molecule has 1 amide bonds. The van der Waals surface area contributed by atoms with Crippen molar-refractivity contribution in [3.05, 3.63) is 29.8 Å². The van der Waals surface area contributed by atoms with Gasteiger partial charge in [-0.15, -0.1) is 0 Å². The third-order valence-electron chi connectivity index (χ3n) is 3.95. The molecule has 3 N–H and O–H groups in total. The molecule has 1 aromatic rings. The van der Waals surface area contributed by atoms with Gasteiger partial charge in [-0.1, -0.05) is 19.8 Å². The topological polar surface area (TPSA) is 55.1 Å². The molecule has 0 saturated heterocycles. The molecule has 0 radical (unpaired) electrons. The van der Waals surface area contributed by atoms with Crippen molar-refractivity contribution in [2.75, 3.05) is 5.32 Å². The molecule has 2 unspecified atom stereocenters. The van der Waals surface area contributed by atoms with Crippen molar-refractivity contribution in [3.8, 4) is 0 Å². The Bertz CT molecular complexity index is 513. The van der Waals surface area contributed by atoms with Gasteiger partial charge >= 0.3 is 6.18 Å². The lowest BCUT2D eigenvalue weighted by Gasteiger charge is -2.35. The molecule has 1 saturated carbocycles. The number of hydrogen-bond acceptors (Lipinski definition) is 2. The van der Waals surface area contributed by atoms with E-state index in [2.05, 4.69) is 5.32 Å². The fourth-order valence-electron chi connectivity index (χ4n) is 2.80. The zero-order valence-electron chi connectivity index (χ0n) is 11.8. The van der Waals surface area contributed by atoms with E-state index in [1.807, 2.05) is 6.92 Å². The van der Waals surface area contributed by atoms with Crippen LogP contribution >= 0.6 is 0 Å². The minimum Gasteiger partial charge on any atom is -0.324 e. The Kier molecular flexibility index (Phi) is 4.27. The summed E-state index contributed by atoms with van der Waals surface area (Å²) in [6.45, 7) is 2.05. The van der Waals surface area contributed by atoms with Gasteiger partial charge in [-0.3, -0.25) is 4.79 Å². The maximum absolute atomic E-state index is 12.5. The molecule has 116 valence electrons. The van der Waals surface area contributed by atoms with Crippen LogP contribution < -0.4 is 11.1 Å². The molecule has 1 aliphatic carbocycles. The zero-order valence-corrected chi connectivity index (χ0v) is 11.8. The quantitative estimate of drug-likeness (QED) is 0.877. The number of carbonyl (C=O) groups excluding carboxylic acids is 1. The number of hydrogen-bond donors (Lipinski definition) is 2. The Morgan fingerprint density at radius 1 is 1.33 bits per heavy atom. The molecule has 1 aliphatic rings. The van der Waals surface area contributed by atoms with Crippen LogP contribution in [-0.2, 0) is 11.0 Å². The summed E-state index contributed by atoms with van der Waals surface area (Å²) < 4.78 is 37.4. The summed E-state index contributed by atoms with van der Waals surface area (Å²) in [5, 5.41) is 2.62. The summed E-state index contributed by atoms with van der Waals surface area (Å²) in [4.78, 5) is 12.3. The van der Waals surface area contributed by atoms with Crippen LogP contribution in [0.25, 0.3) is 0 Å². The van der Waals surface area contributed by atoms with E-state index in [0.717, 1.165) is 25.0 Å². The lowest BCUT2D eigenvalue weighted by molar-refractivity contribution is -0.137. The standard InChI is InChI=1S/C15H19F3N2O/c1-10-3-2-8-14(19,9-10)13(21)20-12-6-4-11(5-7-12)15(16,17)18/h4-7,10H,2-3,8-9,19H2,1H3,(H,20,21). The lowest BCUT2D eigenvalue weighted by Crippen LogP contribution is -2.53. The molecule has 2 atom stereocenters. The van der Waals surface area contributed by atoms with Gasteiger partial charge in [0.15, 0.2) is 0 Å². The summed E-state index contributed by atoms with van der Waals surface area (Å²) in [7, 11) is 0. The van der Waals surface area contributed by atoms with Crippen LogP contribution in [0.1, 0.15) is 38.2 Å². The van der Waals surface area contributed by atoms with Crippen molar-refractivity contribution in [1.29, 1.82) is 0 Å². The number of benzene rings is 1. The average molecular weight is 300 g/mol. The zero-order chi connectivity index (χ0) is 15.7. The van der Waals surface area contributed by atoms with E-state index in [4.69, 9.17) is 5.73 Å². The molecule has 1 fully saturated rings. The van der Waals surface area contributed by atoms with Gasteiger partial charge in [0.05, 0.1) is 11.1 Å². The first-order valence-corrected chi connectivity index (χ1v) is 6.98. The van der Waals surface area contributed by atoms with Crippen molar-refractivity contribution in [2.24, 2.45) is 11.7 Å². The van der Waals surface area contributed by atoms with Crippen LogP contribution in [0, 0.1) is 5.92 Å². The van der Waals surface area contributed by atoms with Crippen LogP contribution in [0.4, 0.5) is 18.9 Å². The van der Waals surface area contributed by atoms with Crippen LogP contribution in [0.2, 0.25) is 0 Å². The third-order valence-corrected chi connectivity index (χ3v) is 3.95. The molecule has 1 aromatic carbocycles. The van der Waals surface area contributed by atoms with Gasteiger partial charge < -0.3 is 11.1 Å². The van der Waals surface area contributed by atoms with Crippen LogP contribution in [0.3, 0.4) is 0 Å². The Labute approximate surface area is 121 Å². The van der Waals surface area contributed by atoms with E-state index in [0.29, 0.717) is 24.4 Å². The van der Waals surface area contributed by atoms with Crippen LogP contribution in [-0.4, -0.2) is 11.4 Å². The number of amides is 1. The number of alkyl halides is 3. The average Bonchev–Trinajstić information content (AvgIpc) is 2.38. The highest BCUT2D eigenvalue weighted by Crippen LogP contribution is 2.32. The van der Waals surface area contributed by atoms with Crippen molar-refractivity contribution < 1.29 is 18.0 Å². The molecular weight excluding hydrogens is 281 g/mol. The second kappa shape index (κ2) is 5.67. The summed E-state index contributed by atoms with van der Waals surface area (Å²) >= 11 is 0. The Balaban J connectivity index is 2.06. The second-order valence-corrected chi connectivity index (χ2v) is 5.89. The highest BCUT2D eigenvalue weighted by molar-refractivity contribution is 5.98. The third kappa shape index (κ3) is 3.75. The van der Waals surface area contributed by atoms with Gasteiger partial charge in [0.25, 0.3) is 0 Å². The Morgan fingerprint density at radius 3 is 2.48 bits per heavy atom. The summed E-state index contributed by atoms with van der Waals surface area (Å²) in [5.74, 6) is 0.0518. The normalized spacial score (nSPS) is 26.4. The first-order chi connectivity index (χ1) is 9.71. The smallest absolute Gasteiger partial charge is 0.324 e. The van der Waals surface area contributed by atoms with Gasteiger partial charge in [-0.2, -0.15) is 13.2 Å². The summed E-state index contributed by atoms with van der Waals surface area (Å²) in [5.41, 5.74) is 4.81. The number of carbonyl (C=O) groups is 1. The second-order valence-electron chi connectivity index (χ2n) is 5.89. The molecule has 0 spiro atoms. The summed E-state index contributed by atoms with van der Waals surface area (Å²) in [6, 6.07) is 4.39. The van der Waals surface area contributed by atoms with Gasteiger partial charge in [-0.05, 0) is 43.0 Å². The van der Waals surface area contributed by atoms with E-state index in [9.17, 15) is 18.0 Å². The van der Waals surface area contributed by atoms with E-state index in [-0.39, 0.29) is 5.91 Å². The van der Waals surface area contributed by atoms with Gasteiger partial charge in [0, 0.05) is 5.69 Å². The molecule has 3 nitrogen and oxygen atoms in total. The van der Waals surface area contributed by atoms with Crippen molar-refractivity contribution in [2.45, 2.75) is 44.3 Å². The Morgan fingerprint density at radius 2 is 1.95 bits per heavy atom. The molecule has 0 bridgehead atoms. The fourth-order valence-corrected chi connectivity index (χ4v) is 2.80. The van der Waals surface area contributed by atoms with E-state index < -0.39 is 17.3 Å². The maximum Gasteiger partial charge on any atom is 0.416 e. The molecular formula is C15H19F3N2O. The minimum atomic E-state index is -4.38. The predicted octanol–water partition coefficient (Wildman–Crippen LogP) is 3.55. The fraction of sp³-hybridized carbons (Fsp3) is 0.533. The van der Waals surface area contributed by atoms with Gasteiger partial charge in [-0.25, -0.2) is 0 Å². The number of nitrogens with one attached hydrogen (secondary N) is 1. The lowest BCUT2D eigenvalue weighted by atomic mass is 9.76. The van der Waals surface area contributed by atoms with Crippen LogP contribution in [0.15, 0.2) is 24.3 Å². The first kappa shape index (κ1) is 15.8. The minimum absolute atomic E-state index is 0.325. The molecule has 0 aromatic heterocycles. The SMILES string of the molecule is CC1CCCC(N)(C(=O)Nc2ccc(C(F)(F)F)cc2)C1. The van der Waals surface area contributed by atoms with Crippen LogP contribution in [0.5, 0.6) is 0 Å². The van der Waals surface area contributed by atoms with Crippen molar-refractivity contribution in [3.63, 3.8) is 0 Å². The van der Waals surface area contributed by atoms with Gasteiger partial charge in [0.2, 0.25) is 5.91 Å². The van der Waals surface area contributed by atoms with E-state index in [1.165, 1.54) is 12.1 Å². The molecule has 2 rings (SSSR count). The number of rotatable bonds is 2. The number of nitrogens with two attached hydrogens (primary N) is 1. The maximum atomic E-state index is 12.5. The molecule has 0 aliphatic heterocycles. The molecule has 6 heteroatoms. The van der Waals surface area contributed by atoms with Crippen molar-refractivity contribution in [1.82, 2.24) is 0 Å². The monoisotopic (exact) mass is 300 g/mol. The highest BCUT2D eigenvalue weighted by Gasteiger charge is 2.38. The van der Waals surface area contributed by atoms with Crippen molar-refractivity contribution >= 4 is 11.6 Å². The van der Waals surface area contributed by atoms with Gasteiger partial charge in [0.1, 0.15) is 0 Å². The molecule has 0 heterocycles. The summed E-state index contributed by atoms with van der Waals surface area (Å²) in [6.07, 6.45) is -1.25. The molecule has 21 heavy (non-hydrogen) atoms. The Hall–Kier alpha value is -1.56. The first-order valence-electron chi connectivity index (χ1n) is 6.98.